The Kier molecular flexibility index (Phi) is 4.48. The van der Waals surface area contributed by atoms with E-state index < -0.39 is 0 Å². The number of likely N-dealkylation sites (tertiary alicyclic amines) is 1. The molecule has 1 aromatic heterocycles. The van der Waals surface area contributed by atoms with Crippen LogP contribution in [0.15, 0.2) is 47.5 Å². The smallest absolute Gasteiger partial charge is 0.0499 e. The first-order chi connectivity index (χ1) is 9.83. The minimum absolute atomic E-state index is 0.601. The van der Waals surface area contributed by atoms with E-state index in [1.165, 1.54) is 47.8 Å². The first kappa shape index (κ1) is 13.8. The fraction of sp³-hybridized carbons (Fsp3) is 0.412. The maximum atomic E-state index is 3.37. The highest BCUT2D eigenvalue weighted by Gasteiger charge is 2.25. The fourth-order valence-corrected chi connectivity index (χ4v) is 3.80. The summed E-state index contributed by atoms with van der Waals surface area (Å²) in [6.45, 7) is 4.54. The lowest BCUT2D eigenvalue weighted by molar-refractivity contribution is 0.270. The lowest BCUT2D eigenvalue weighted by Gasteiger charge is -2.23. The van der Waals surface area contributed by atoms with Crippen LogP contribution in [0.2, 0.25) is 0 Å². The minimum atomic E-state index is 0.601. The molecule has 106 valence electrons. The summed E-state index contributed by atoms with van der Waals surface area (Å²) in [7, 11) is 0. The van der Waals surface area contributed by atoms with Crippen LogP contribution in [-0.2, 0) is 0 Å². The second-order valence-electron chi connectivity index (χ2n) is 5.48. The number of hydrogen-bond donors (Lipinski definition) is 1. The molecule has 2 aromatic rings. The summed E-state index contributed by atoms with van der Waals surface area (Å²) in [6.07, 6.45) is 4.64. The van der Waals surface area contributed by atoms with Crippen molar-refractivity contribution in [3.05, 3.63) is 53.9 Å². The summed E-state index contributed by atoms with van der Waals surface area (Å²) in [5.74, 6) is 1.17. The van der Waals surface area contributed by atoms with Crippen LogP contribution in [0.25, 0.3) is 0 Å². The molecule has 1 atom stereocenters. The normalized spacial score (nSPS) is 19.6. The zero-order valence-electron chi connectivity index (χ0n) is 12.0. The van der Waals surface area contributed by atoms with Crippen molar-refractivity contribution in [3.63, 3.8) is 0 Å². The maximum absolute atomic E-state index is 3.37. The summed E-state index contributed by atoms with van der Waals surface area (Å²) >= 11 is 1.96. The maximum Gasteiger partial charge on any atom is 0.0499 e. The molecule has 1 aliphatic heterocycles. The van der Waals surface area contributed by atoms with Gasteiger partial charge in [0.2, 0.25) is 0 Å². The molecule has 3 rings (SSSR count). The van der Waals surface area contributed by atoms with E-state index in [1.54, 1.807) is 0 Å². The van der Waals surface area contributed by atoms with Crippen molar-refractivity contribution in [3.8, 4) is 0 Å². The molecular formula is C17H22N2S. The van der Waals surface area contributed by atoms with Crippen LogP contribution in [0.5, 0.6) is 0 Å². The van der Waals surface area contributed by atoms with E-state index in [-0.39, 0.29) is 0 Å². The topological polar surface area (TPSA) is 19.0 Å². The largest absolute Gasteiger partial charge is 0.364 e. The molecule has 0 radical (unpaired) electrons. The van der Waals surface area contributed by atoms with Crippen molar-refractivity contribution in [2.45, 2.75) is 30.7 Å². The van der Waals surface area contributed by atoms with Crippen molar-refractivity contribution in [2.24, 2.45) is 0 Å². The number of benzene rings is 1. The van der Waals surface area contributed by atoms with Gasteiger partial charge in [-0.1, -0.05) is 17.7 Å². The Bertz CT molecular complexity index is 518. The number of hydrogen-bond acceptors (Lipinski definition) is 2. The number of thioether (sulfide) groups is 1. The van der Waals surface area contributed by atoms with Crippen molar-refractivity contribution >= 4 is 11.8 Å². The number of nitrogens with zero attached hydrogens (tertiary/aromatic N) is 1. The first-order valence-electron chi connectivity index (χ1n) is 7.40. The van der Waals surface area contributed by atoms with Crippen molar-refractivity contribution in [2.75, 3.05) is 18.8 Å². The van der Waals surface area contributed by atoms with E-state index >= 15 is 0 Å². The highest BCUT2D eigenvalue weighted by Crippen LogP contribution is 2.31. The van der Waals surface area contributed by atoms with Crippen LogP contribution in [0.3, 0.4) is 0 Å². The summed E-state index contributed by atoms with van der Waals surface area (Å²) in [6, 6.07) is 13.8. The summed E-state index contributed by atoms with van der Waals surface area (Å²) in [4.78, 5) is 7.37. The van der Waals surface area contributed by atoms with Gasteiger partial charge >= 0.3 is 0 Å². The molecule has 1 aromatic carbocycles. The van der Waals surface area contributed by atoms with Crippen LogP contribution in [0.4, 0.5) is 0 Å². The molecule has 1 N–H and O–H groups in total. The number of nitrogens with one attached hydrogen (secondary N) is 1. The van der Waals surface area contributed by atoms with Crippen molar-refractivity contribution < 1.29 is 0 Å². The van der Waals surface area contributed by atoms with E-state index in [2.05, 4.69) is 53.2 Å². The quantitative estimate of drug-likeness (QED) is 0.829. The molecule has 20 heavy (non-hydrogen) atoms. The van der Waals surface area contributed by atoms with Gasteiger partial charge in [-0.25, -0.2) is 0 Å². The number of H-pyrrole nitrogens is 1. The Balaban J connectivity index is 1.51. The third kappa shape index (κ3) is 3.28. The SMILES string of the molecule is Cc1ccc(SCCN2CCCC2c2ccc[nH]2)cc1. The van der Waals surface area contributed by atoms with Crippen LogP contribution >= 0.6 is 11.8 Å². The molecule has 0 bridgehead atoms. The molecule has 0 amide bonds. The second-order valence-corrected chi connectivity index (χ2v) is 6.65. The molecule has 0 aliphatic carbocycles. The molecule has 0 spiro atoms. The van der Waals surface area contributed by atoms with Crippen LogP contribution in [0.1, 0.15) is 30.1 Å². The molecule has 2 nitrogen and oxygen atoms in total. The minimum Gasteiger partial charge on any atom is -0.364 e. The van der Waals surface area contributed by atoms with E-state index in [0.29, 0.717) is 6.04 Å². The molecule has 3 heteroatoms. The third-order valence-corrected chi connectivity index (χ3v) is 5.01. The van der Waals surface area contributed by atoms with E-state index in [4.69, 9.17) is 0 Å². The molecule has 2 heterocycles. The summed E-state index contributed by atoms with van der Waals surface area (Å²) < 4.78 is 0. The fourth-order valence-electron chi connectivity index (χ4n) is 2.91. The van der Waals surface area contributed by atoms with Gasteiger partial charge in [-0.3, -0.25) is 4.90 Å². The molecule has 1 saturated heterocycles. The number of aromatic nitrogens is 1. The lowest BCUT2D eigenvalue weighted by Crippen LogP contribution is -2.25. The number of aryl methyl sites for hydroxylation is 1. The van der Waals surface area contributed by atoms with Crippen molar-refractivity contribution in [1.82, 2.24) is 9.88 Å². The van der Waals surface area contributed by atoms with Gasteiger partial charge in [-0.05, 0) is 50.6 Å². The molecule has 1 unspecified atom stereocenters. The standard InChI is InChI=1S/C17H22N2S/c1-14-6-8-15(9-7-14)20-13-12-19-11-3-5-17(19)16-4-2-10-18-16/h2,4,6-10,17-18H,3,5,11-13H2,1H3. The van der Waals surface area contributed by atoms with Gasteiger partial charge in [0.1, 0.15) is 0 Å². The average molecular weight is 286 g/mol. The first-order valence-corrected chi connectivity index (χ1v) is 8.38. The van der Waals surface area contributed by atoms with Crippen LogP contribution in [-0.4, -0.2) is 28.7 Å². The third-order valence-electron chi connectivity index (χ3n) is 4.01. The molecule has 0 saturated carbocycles. The van der Waals surface area contributed by atoms with Gasteiger partial charge in [0.15, 0.2) is 0 Å². The van der Waals surface area contributed by atoms with Gasteiger partial charge in [-0.15, -0.1) is 11.8 Å². The zero-order chi connectivity index (χ0) is 13.8. The Morgan fingerprint density at radius 2 is 2.10 bits per heavy atom. The van der Waals surface area contributed by atoms with E-state index in [9.17, 15) is 0 Å². The average Bonchev–Trinajstić information content (AvgIpc) is 3.11. The highest BCUT2D eigenvalue weighted by atomic mass is 32.2. The zero-order valence-corrected chi connectivity index (χ0v) is 12.8. The Labute approximate surface area is 125 Å². The molecule has 1 fully saturated rings. The second kappa shape index (κ2) is 6.51. The predicted octanol–water partition coefficient (Wildman–Crippen LogP) is 4.25. The van der Waals surface area contributed by atoms with Crippen LogP contribution in [0, 0.1) is 6.92 Å². The van der Waals surface area contributed by atoms with Gasteiger partial charge in [-0.2, -0.15) is 0 Å². The van der Waals surface area contributed by atoms with Crippen LogP contribution < -0.4 is 0 Å². The van der Waals surface area contributed by atoms with Crippen molar-refractivity contribution in [1.29, 1.82) is 0 Å². The number of aromatic amines is 1. The van der Waals surface area contributed by atoms with E-state index in [1.807, 2.05) is 18.0 Å². The Morgan fingerprint density at radius 1 is 1.25 bits per heavy atom. The number of rotatable bonds is 5. The van der Waals surface area contributed by atoms with Gasteiger partial charge in [0.05, 0.1) is 0 Å². The molecule has 1 aliphatic rings. The van der Waals surface area contributed by atoms with E-state index in [0.717, 1.165) is 0 Å². The van der Waals surface area contributed by atoms with Gasteiger partial charge in [0.25, 0.3) is 0 Å². The Morgan fingerprint density at radius 3 is 2.85 bits per heavy atom. The summed E-state index contributed by atoms with van der Waals surface area (Å²) in [5, 5.41) is 0. The highest BCUT2D eigenvalue weighted by molar-refractivity contribution is 7.99. The lowest BCUT2D eigenvalue weighted by atomic mass is 10.1. The molecular weight excluding hydrogens is 264 g/mol. The van der Waals surface area contributed by atoms with Gasteiger partial charge in [0, 0.05) is 35.1 Å². The summed E-state index contributed by atoms with van der Waals surface area (Å²) in [5.41, 5.74) is 2.71. The predicted molar refractivity (Wildman–Crippen MR) is 86.2 cm³/mol. The van der Waals surface area contributed by atoms with Gasteiger partial charge < -0.3 is 4.98 Å². The Hall–Kier alpha value is -1.19. The monoisotopic (exact) mass is 286 g/mol.